The monoisotopic (exact) mass is 451 g/mol. The molecule has 2 aliphatic heterocycles. The highest BCUT2D eigenvalue weighted by Crippen LogP contribution is 2.39. The van der Waals surface area contributed by atoms with Gasteiger partial charge < -0.3 is 14.2 Å². The predicted octanol–water partition coefficient (Wildman–Crippen LogP) is 4.26. The molecule has 2 aromatic rings. The van der Waals surface area contributed by atoms with Crippen molar-refractivity contribution >= 4 is 11.6 Å². The number of likely N-dealkylation sites (tertiary alicyclic amines) is 1. The maximum Gasteiger partial charge on any atom is 0.257 e. The summed E-state index contributed by atoms with van der Waals surface area (Å²) in [6.45, 7) is 3.52. The summed E-state index contributed by atoms with van der Waals surface area (Å²) in [5, 5.41) is 6.49. The Balaban J connectivity index is 1.67. The fourth-order valence-electron chi connectivity index (χ4n) is 4.75. The molecule has 7 nitrogen and oxygen atoms in total. The number of hydrogen-bond acceptors (Lipinski definition) is 6. The molecular formula is C26H33N3O4. The SMILES string of the molecule is COc1ccc(C2=NN(C(=O)CN3CCCC[C@@H]3C)[C@H](c3ccccc3OC)C2)cc1OC. The van der Waals surface area contributed by atoms with Crippen molar-refractivity contribution in [3.05, 3.63) is 53.6 Å². The zero-order valence-corrected chi connectivity index (χ0v) is 19.9. The Labute approximate surface area is 195 Å². The van der Waals surface area contributed by atoms with Crippen LogP contribution in [0.25, 0.3) is 0 Å². The lowest BCUT2D eigenvalue weighted by Crippen LogP contribution is -2.44. The number of hydrogen-bond donors (Lipinski definition) is 0. The third kappa shape index (κ3) is 4.83. The van der Waals surface area contributed by atoms with Gasteiger partial charge in [-0.1, -0.05) is 24.6 Å². The maximum absolute atomic E-state index is 13.5. The average molecular weight is 452 g/mol. The highest BCUT2D eigenvalue weighted by Gasteiger charge is 2.36. The number of piperidine rings is 1. The van der Waals surface area contributed by atoms with Gasteiger partial charge in [0.25, 0.3) is 5.91 Å². The van der Waals surface area contributed by atoms with Crippen molar-refractivity contribution in [1.29, 1.82) is 0 Å². The van der Waals surface area contributed by atoms with Crippen LogP contribution in [0.1, 0.15) is 49.8 Å². The summed E-state index contributed by atoms with van der Waals surface area (Å²) < 4.78 is 16.5. The first-order chi connectivity index (χ1) is 16.0. The molecule has 0 radical (unpaired) electrons. The van der Waals surface area contributed by atoms with Crippen molar-refractivity contribution in [1.82, 2.24) is 9.91 Å². The van der Waals surface area contributed by atoms with Crippen LogP contribution in [0.4, 0.5) is 0 Å². The van der Waals surface area contributed by atoms with E-state index in [1.165, 1.54) is 6.42 Å². The van der Waals surface area contributed by atoms with Gasteiger partial charge in [-0.25, -0.2) is 5.01 Å². The van der Waals surface area contributed by atoms with Crippen LogP contribution < -0.4 is 14.2 Å². The molecule has 0 aliphatic carbocycles. The van der Waals surface area contributed by atoms with E-state index in [1.807, 2.05) is 42.5 Å². The molecule has 0 N–H and O–H groups in total. The van der Waals surface area contributed by atoms with Crippen LogP contribution in [0.5, 0.6) is 17.2 Å². The predicted molar refractivity (Wildman–Crippen MR) is 128 cm³/mol. The highest BCUT2D eigenvalue weighted by molar-refractivity contribution is 6.03. The first kappa shape index (κ1) is 23.1. The molecular weight excluding hydrogens is 418 g/mol. The lowest BCUT2D eigenvalue weighted by molar-refractivity contribution is -0.135. The Morgan fingerprint density at radius 1 is 1.00 bits per heavy atom. The van der Waals surface area contributed by atoms with Gasteiger partial charge in [0.05, 0.1) is 39.6 Å². The van der Waals surface area contributed by atoms with Gasteiger partial charge in [-0.05, 0) is 50.6 Å². The number of carbonyl (C=O) groups is 1. The summed E-state index contributed by atoms with van der Waals surface area (Å²) in [6, 6.07) is 13.8. The van der Waals surface area contributed by atoms with E-state index >= 15 is 0 Å². The molecule has 33 heavy (non-hydrogen) atoms. The first-order valence-corrected chi connectivity index (χ1v) is 11.5. The van der Waals surface area contributed by atoms with E-state index in [1.54, 1.807) is 26.3 Å². The topological polar surface area (TPSA) is 63.6 Å². The lowest BCUT2D eigenvalue weighted by Gasteiger charge is -2.34. The van der Waals surface area contributed by atoms with Crippen LogP contribution in [-0.4, -0.2) is 62.0 Å². The van der Waals surface area contributed by atoms with E-state index in [-0.39, 0.29) is 11.9 Å². The van der Waals surface area contributed by atoms with Gasteiger partial charge in [-0.15, -0.1) is 0 Å². The molecule has 2 aliphatic rings. The number of carbonyl (C=O) groups excluding carboxylic acids is 1. The van der Waals surface area contributed by atoms with Crippen LogP contribution in [0.15, 0.2) is 47.6 Å². The van der Waals surface area contributed by atoms with Gasteiger partial charge in [0, 0.05) is 23.6 Å². The number of methoxy groups -OCH3 is 3. The Kier molecular flexibility index (Phi) is 7.18. The quantitative estimate of drug-likeness (QED) is 0.629. The van der Waals surface area contributed by atoms with Crippen molar-refractivity contribution in [3.63, 3.8) is 0 Å². The molecule has 0 saturated carbocycles. The number of rotatable bonds is 7. The molecule has 1 amide bonds. The molecule has 2 aromatic carbocycles. The second-order valence-corrected chi connectivity index (χ2v) is 8.63. The molecule has 7 heteroatoms. The third-order valence-corrected chi connectivity index (χ3v) is 6.66. The minimum atomic E-state index is -0.225. The Morgan fingerprint density at radius 3 is 2.48 bits per heavy atom. The maximum atomic E-state index is 13.5. The number of ether oxygens (including phenoxy) is 3. The number of nitrogens with zero attached hydrogens (tertiary/aromatic N) is 3. The second kappa shape index (κ2) is 10.3. The molecule has 0 aromatic heterocycles. The van der Waals surface area contributed by atoms with E-state index in [0.29, 0.717) is 30.5 Å². The van der Waals surface area contributed by atoms with Crippen molar-refractivity contribution < 1.29 is 19.0 Å². The molecule has 4 rings (SSSR count). The zero-order valence-electron chi connectivity index (χ0n) is 19.9. The summed E-state index contributed by atoms with van der Waals surface area (Å²) in [5.41, 5.74) is 2.71. The van der Waals surface area contributed by atoms with Gasteiger partial charge in [-0.3, -0.25) is 9.69 Å². The molecule has 2 atom stereocenters. The highest BCUT2D eigenvalue weighted by atomic mass is 16.5. The molecule has 0 unspecified atom stereocenters. The first-order valence-electron chi connectivity index (χ1n) is 11.5. The fraction of sp³-hybridized carbons (Fsp3) is 0.462. The smallest absolute Gasteiger partial charge is 0.257 e. The fourth-order valence-corrected chi connectivity index (χ4v) is 4.75. The second-order valence-electron chi connectivity index (χ2n) is 8.63. The van der Waals surface area contributed by atoms with Crippen molar-refractivity contribution in [2.24, 2.45) is 5.10 Å². The van der Waals surface area contributed by atoms with Crippen LogP contribution in [0.2, 0.25) is 0 Å². The molecule has 176 valence electrons. The van der Waals surface area contributed by atoms with Crippen LogP contribution in [0, 0.1) is 0 Å². The number of amides is 1. The molecule has 1 saturated heterocycles. The van der Waals surface area contributed by atoms with E-state index < -0.39 is 0 Å². The van der Waals surface area contributed by atoms with E-state index in [0.717, 1.165) is 42.0 Å². The van der Waals surface area contributed by atoms with Crippen molar-refractivity contribution in [3.8, 4) is 17.2 Å². The van der Waals surface area contributed by atoms with E-state index in [4.69, 9.17) is 19.3 Å². The van der Waals surface area contributed by atoms with Gasteiger partial charge in [0.15, 0.2) is 11.5 Å². The third-order valence-electron chi connectivity index (χ3n) is 6.66. The lowest BCUT2D eigenvalue weighted by atomic mass is 9.97. The summed E-state index contributed by atoms with van der Waals surface area (Å²) in [7, 11) is 4.89. The summed E-state index contributed by atoms with van der Waals surface area (Å²) >= 11 is 0. The van der Waals surface area contributed by atoms with E-state index in [2.05, 4.69) is 11.8 Å². The largest absolute Gasteiger partial charge is 0.496 e. The molecule has 1 fully saturated rings. The average Bonchev–Trinajstić information content (AvgIpc) is 3.30. The molecule has 0 spiro atoms. The van der Waals surface area contributed by atoms with E-state index in [9.17, 15) is 4.79 Å². The minimum absolute atomic E-state index is 0.00938. The summed E-state index contributed by atoms with van der Waals surface area (Å²) in [6.07, 6.45) is 4.08. The molecule has 2 heterocycles. The van der Waals surface area contributed by atoms with Crippen LogP contribution in [0.3, 0.4) is 0 Å². The Hall–Kier alpha value is -3.06. The van der Waals surface area contributed by atoms with Gasteiger partial charge in [0.2, 0.25) is 0 Å². The minimum Gasteiger partial charge on any atom is -0.496 e. The van der Waals surface area contributed by atoms with Gasteiger partial charge >= 0.3 is 0 Å². The number of hydrazone groups is 1. The van der Waals surface area contributed by atoms with Crippen LogP contribution >= 0.6 is 0 Å². The number of benzene rings is 2. The van der Waals surface area contributed by atoms with Crippen molar-refractivity contribution in [2.75, 3.05) is 34.4 Å². The normalized spacial score (nSPS) is 21.0. The zero-order chi connectivity index (χ0) is 23.4. The Bertz CT molecular complexity index is 1020. The van der Waals surface area contributed by atoms with Crippen molar-refractivity contribution in [2.45, 2.75) is 44.7 Å². The van der Waals surface area contributed by atoms with Gasteiger partial charge in [-0.2, -0.15) is 5.10 Å². The number of para-hydroxylation sites is 1. The summed E-state index contributed by atoms with van der Waals surface area (Å²) in [4.78, 5) is 15.8. The van der Waals surface area contributed by atoms with Crippen LogP contribution in [-0.2, 0) is 4.79 Å². The molecule has 0 bridgehead atoms. The summed E-state index contributed by atoms with van der Waals surface area (Å²) in [5.74, 6) is 2.07. The Morgan fingerprint density at radius 2 is 1.76 bits per heavy atom. The van der Waals surface area contributed by atoms with Gasteiger partial charge in [0.1, 0.15) is 5.75 Å². The standard InChI is InChI=1S/C26H33N3O4/c1-18-9-7-8-14-28(18)17-26(30)29-22(20-10-5-6-11-23(20)31-2)16-21(27-29)19-12-13-24(32-3)25(15-19)33-4/h5-6,10-13,15,18,22H,7-9,14,16-17H2,1-4H3/t18-,22-/m0/s1.